The average Bonchev–Trinajstić information content (AvgIpc) is 2.22. The summed E-state index contributed by atoms with van der Waals surface area (Å²) in [4.78, 5) is 22.6. The Morgan fingerprint density at radius 2 is 1.47 bits per heavy atom. The molecule has 0 bridgehead atoms. The molecule has 1 N–H and O–H groups in total. The summed E-state index contributed by atoms with van der Waals surface area (Å²) in [6.07, 6.45) is -0.482. The van der Waals surface area contributed by atoms with E-state index in [0.29, 0.717) is 0 Å². The largest absolute Gasteiger partial charge is 0.469 e. The number of carbonyl (C=O) groups is 2. The Hall–Kier alpha value is -1.10. The maximum absolute atomic E-state index is 11.4. The van der Waals surface area contributed by atoms with Gasteiger partial charge in [-0.05, 0) is 13.3 Å². The highest BCUT2D eigenvalue weighted by Gasteiger charge is 2.32. The standard InChI is InChI=1S/C10H18O5.2CH4/c1-6(11)5-8(10(13)15-4)7(2)9(12)14-3;;/h6-8,11H,5H2,1-4H3;2*1H4. The number of esters is 2. The van der Waals surface area contributed by atoms with Gasteiger partial charge in [-0.2, -0.15) is 0 Å². The van der Waals surface area contributed by atoms with E-state index in [1.54, 1.807) is 13.8 Å². The van der Waals surface area contributed by atoms with Gasteiger partial charge in [-0.25, -0.2) is 0 Å². The highest BCUT2D eigenvalue weighted by molar-refractivity contribution is 5.81. The van der Waals surface area contributed by atoms with Crippen LogP contribution in [-0.2, 0) is 19.1 Å². The monoisotopic (exact) mass is 250 g/mol. The van der Waals surface area contributed by atoms with Crippen LogP contribution in [0, 0.1) is 11.8 Å². The van der Waals surface area contributed by atoms with Crippen LogP contribution < -0.4 is 0 Å². The smallest absolute Gasteiger partial charge is 0.309 e. The molecule has 0 saturated carbocycles. The minimum atomic E-state index is -0.666. The molecule has 0 aromatic carbocycles. The molecule has 5 nitrogen and oxygen atoms in total. The second-order valence-corrected chi connectivity index (χ2v) is 3.53. The quantitative estimate of drug-likeness (QED) is 0.751. The molecule has 3 atom stereocenters. The van der Waals surface area contributed by atoms with E-state index in [0.717, 1.165) is 0 Å². The Bertz CT molecular complexity index is 225. The van der Waals surface area contributed by atoms with Crippen LogP contribution in [0.2, 0.25) is 0 Å². The van der Waals surface area contributed by atoms with Gasteiger partial charge in [-0.1, -0.05) is 21.8 Å². The molecule has 0 aromatic rings. The average molecular weight is 250 g/mol. The number of hydrogen-bond donors (Lipinski definition) is 1. The van der Waals surface area contributed by atoms with Crippen molar-refractivity contribution < 1.29 is 24.2 Å². The van der Waals surface area contributed by atoms with Crippen molar-refractivity contribution in [3.05, 3.63) is 0 Å². The fraction of sp³-hybridized carbons (Fsp3) is 0.833. The van der Waals surface area contributed by atoms with Crippen LogP contribution in [0.5, 0.6) is 0 Å². The van der Waals surface area contributed by atoms with Gasteiger partial charge in [0.05, 0.1) is 32.2 Å². The Kier molecular flexibility index (Phi) is 12.6. The fourth-order valence-electron chi connectivity index (χ4n) is 1.37. The van der Waals surface area contributed by atoms with Crippen molar-refractivity contribution in [2.45, 2.75) is 41.2 Å². The van der Waals surface area contributed by atoms with Crippen LogP contribution in [0.1, 0.15) is 35.1 Å². The lowest BCUT2D eigenvalue weighted by Gasteiger charge is -2.20. The van der Waals surface area contributed by atoms with Gasteiger partial charge in [0.2, 0.25) is 0 Å². The third kappa shape index (κ3) is 6.94. The molecule has 0 aliphatic carbocycles. The number of methoxy groups -OCH3 is 2. The number of aliphatic hydroxyl groups excluding tert-OH is 1. The zero-order chi connectivity index (χ0) is 12.0. The van der Waals surface area contributed by atoms with E-state index in [9.17, 15) is 14.7 Å². The van der Waals surface area contributed by atoms with Crippen LogP contribution in [0.4, 0.5) is 0 Å². The molecule has 0 aliphatic heterocycles. The summed E-state index contributed by atoms with van der Waals surface area (Å²) in [7, 11) is 2.51. The van der Waals surface area contributed by atoms with Crippen LogP contribution in [0.3, 0.4) is 0 Å². The molecule has 0 saturated heterocycles. The van der Waals surface area contributed by atoms with E-state index in [1.165, 1.54) is 14.2 Å². The van der Waals surface area contributed by atoms with E-state index in [1.807, 2.05) is 0 Å². The van der Waals surface area contributed by atoms with Gasteiger partial charge in [0.25, 0.3) is 0 Å². The molecule has 0 rings (SSSR count). The summed E-state index contributed by atoms with van der Waals surface area (Å²) >= 11 is 0. The minimum Gasteiger partial charge on any atom is -0.469 e. The molecule has 17 heavy (non-hydrogen) atoms. The van der Waals surface area contributed by atoms with E-state index in [2.05, 4.69) is 9.47 Å². The van der Waals surface area contributed by atoms with Gasteiger partial charge >= 0.3 is 11.9 Å². The Morgan fingerprint density at radius 3 is 1.76 bits per heavy atom. The lowest BCUT2D eigenvalue weighted by atomic mass is 9.89. The van der Waals surface area contributed by atoms with E-state index < -0.39 is 29.9 Å². The number of ether oxygens (including phenoxy) is 2. The predicted molar refractivity (Wildman–Crippen MR) is 66.4 cm³/mol. The molecular formula is C12H26O5. The summed E-state index contributed by atoms with van der Waals surface area (Å²) in [5, 5.41) is 9.21. The number of rotatable bonds is 5. The van der Waals surface area contributed by atoms with Gasteiger partial charge in [0, 0.05) is 0 Å². The maximum atomic E-state index is 11.4. The molecule has 0 aliphatic rings. The molecule has 0 amide bonds. The lowest BCUT2D eigenvalue weighted by Crippen LogP contribution is -2.32. The lowest BCUT2D eigenvalue weighted by molar-refractivity contribution is -0.158. The number of hydrogen-bond acceptors (Lipinski definition) is 5. The third-order valence-corrected chi connectivity index (χ3v) is 2.28. The molecule has 0 aromatic heterocycles. The highest BCUT2D eigenvalue weighted by atomic mass is 16.5. The van der Waals surface area contributed by atoms with E-state index in [4.69, 9.17) is 0 Å². The van der Waals surface area contributed by atoms with Crippen LogP contribution in [0.25, 0.3) is 0 Å². The SMILES string of the molecule is C.C.COC(=O)C(C)C(CC(C)O)C(=O)OC. The van der Waals surface area contributed by atoms with Gasteiger partial charge in [0.15, 0.2) is 0 Å². The predicted octanol–water partition coefficient (Wildman–Crippen LogP) is 1.63. The van der Waals surface area contributed by atoms with E-state index >= 15 is 0 Å². The summed E-state index contributed by atoms with van der Waals surface area (Å²) < 4.78 is 9.11. The summed E-state index contributed by atoms with van der Waals surface area (Å²) in [5.41, 5.74) is 0. The van der Waals surface area contributed by atoms with E-state index in [-0.39, 0.29) is 21.3 Å². The zero-order valence-electron chi connectivity index (χ0n) is 9.52. The molecule has 5 heteroatoms. The first-order valence-electron chi connectivity index (χ1n) is 4.77. The van der Waals surface area contributed by atoms with Gasteiger partial charge in [-0.15, -0.1) is 0 Å². The van der Waals surface area contributed by atoms with Gasteiger partial charge in [-0.3, -0.25) is 9.59 Å². The Morgan fingerprint density at radius 1 is 1.06 bits per heavy atom. The summed E-state index contributed by atoms with van der Waals surface area (Å²) in [6.45, 7) is 3.13. The molecule has 3 unspecified atom stereocenters. The molecular weight excluding hydrogens is 224 g/mol. The molecule has 0 fully saturated rings. The summed E-state index contributed by atoms with van der Waals surface area (Å²) in [5.74, 6) is -2.26. The van der Waals surface area contributed by atoms with Crippen molar-refractivity contribution in [2.75, 3.05) is 14.2 Å². The molecule has 0 spiro atoms. The first-order chi connectivity index (χ1) is 6.93. The zero-order valence-corrected chi connectivity index (χ0v) is 9.52. The van der Waals surface area contributed by atoms with Crippen molar-refractivity contribution in [1.82, 2.24) is 0 Å². The van der Waals surface area contributed by atoms with Crippen molar-refractivity contribution in [2.24, 2.45) is 11.8 Å². The van der Waals surface area contributed by atoms with Crippen molar-refractivity contribution in [1.29, 1.82) is 0 Å². The number of carbonyl (C=O) groups excluding carboxylic acids is 2. The number of aliphatic hydroxyl groups is 1. The Balaban J connectivity index is -0.000000980. The maximum Gasteiger partial charge on any atom is 0.309 e. The summed E-state index contributed by atoms with van der Waals surface area (Å²) in [6, 6.07) is 0. The van der Waals surface area contributed by atoms with Gasteiger partial charge < -0.3 is 14.6 Å². The third-order valence-electron chi connectivity index (χ3n) is 2.28. The van der Waals surface area contributed by atoms with Crippen LogP contribution >= 0.6 is 0 Å². The van der Waals surface area contributed by atoms with Gasteiger partial charge in [0.1, 0.15) is 0 Å². The van der Waals surface area contributed by atoms with Crippen LogP contribution in [0.15, 0.2) is 0 Å². The van der Waals surface area contributed by atoms with Crippen molar-refractivity contribution in [3.63, 3.8) is 0 Å². The van der Waals surface area contributed by atoms with Crippen molar-refractivity contribution >= 4 is 11.9 Å². The molecule has 104 valence electrons. The highest BCUT2D eigenvalue weighted by Crippen LogP contribution is 2.20. The normalized spacial score (nSPS) is 14.4. The second kappa shape index (κ2) is 10.1. The minimum absolute atomic E-state index is 0. The van der Waals surface area contributed by atoms with Crippen LogP contribution in [-0.4, -0.2) is 37.4 Å². The first kappa shape index (κ1) is 21.2. The van der Waals surface area contributed by atoms with Crippen molar-refractivity contribution in [3.8, 4) is 0 Å². The second-order valence-electron chi connectivity index (χ2n) is 3.53. The Labute approximate surface area is 104 Å². The first-order valence-corrected chi connectivity index (χ1v) is 4.77. The molecule has 0 heterocycles. The molecule has 0 radical (unpaired) electrons. The fourth-order valence-corrected chi connectivity index (χ4v) is 1.37. The topological polar surface area (TPSA) is 72.8 Å².